The fourth-order valence-electron chi connectivity index (χ4n) is 0.200. The molecule has 0 spiro atoms. The molecule has 5 heteroatoms. The maximum Gasteiger partial charge on any atom is 0.142 e. The minimum absolute atomic E-state index is 0.243. The number of hydrogen-bond donors (Lipinski definition) is 3. The largest absolute Gasteiger partial charge is 0.393 e. The molecule has 0 amide bonds. The van der Waals surface area contributed by atoms with Crippen molar-refractivity contribution in [2.24, 2.45) is 0 Å². The van der Waals surface area contributed by atoms with E-state index >= 15 is 0 Å². The van der Waals surface area contributed by atoms with Gasteiger partial charge in [0.25, 0.3) is 0 Å². The molecule has 3 N–H and O–H groups in total. The molecule has 0 radical (unpaired) electrons. The zero-order valence-electron chi connectivity index (χ0n) is 4.15. The second-order valence-corrected chi connectivity index (χ2v) is 1.21. The third kappa shape index (κ3) is 2.89. The van der Waals surface area contributed by atoms with Crippen LogP contribution in [0.15, 0.2) is 0 Å². The number of rotatable bonds is 4. The Kier molecular flexibility index (Phi) is 4.82. The van der Waals surface area contributed by atoms with Crippen LogP contribution >= 0.6 is 0 Å². The predicted molar refractivity (Wildman–Crippen MR) is 23.2 cm³/mol. The third-order valence-corrected chi connectivity index (χ3v) is 0.613. The first-order chi connectivity index (χ1) is 3.85. The van der Waals surface area contributed by atoms with Crippen molar-refractivity contribution in [3.63, 3.8) is 0 Å². The molecule has 0 aromatic heterocycles. The minimum atomic E-state index is -0.861. The summed E-state index contributed by atoms with van der Waals surface area (Å²) in [7, 11) is 0. The highest BCUT2D eigenvalue weighted by molar-refractivity contribution is 4.47. The number of aliphatic hydroxyl groups is 1. The van der Waals surface area contributed by atoms with Crippen molar-refractivity contribution >= 4 is 0 Å². The van der Waals surface area contributed by atoms with Crippen LogP contribution in [0.1, 0.15) is 0 Å². The van der Waals surface area contributed by atoms with Crippen LogP contribution < -0.4 is 0 Å². The average Bonchev–Trinajstić information content (AvgIpc) is 1.83. The summed E-state index contributed by atoms with van der Waals surface area (Å²) in [5.74, 6) is 0. The van der Waals surface area contributed by atoms with Crippen LogP contribution in [0.4, 0.5) is 0 Å². The molecule has 0 bridgehead atoms. The predicted octanol–water partition coefficient (Wildman–Crippen LogP) is -0.673. The topological polar surface area (TPSA) is 79.2 Å². The molecule has 0 saturated carbocycles. The van der Waals surface area contributed by atoms with Gasteiger partial charge in [0.05, 0.1) is 6.61 Å². The van der Waals surface area contributed by atoms with Crippen molar-refractivity contribution in [1.82, 2.24) is 0 Å². The van der Waals surface area contributed by atoms with Gasteiger partial charge in [-0.25, -0.2) is 9.78 Å². The van der Waals surface area contributed by atoms with E-state index in [-0.39, 0.29) is 6.61 Å². The van der Waals surface area contributed by atoms with Gasteiger partial charge in [0.15, 0.2) is 0 Å². The van der Waals surface area contributed by atoms with Crippen molar-refractivity contribution in [3.05, 3.63) is 0 Å². The van der Waals surface area contributed by atoms with Gasteiger partial charge in [0, 0.05) is 0 Å². The first kappa shape index (κ1) is 7.80. The van der Waals surface area contributed by atoms with E-state index in [0.29, 0.717) is 0 Å². The zero-order valence-corrected chi connectivity index (χ0v) is 4.15. The van der Waals surface area contributed by atoms with E-state index in [1.54, 1.807) is 0 Å². The molecular formula is C3H8O5. The third-order valence-electron chi connectivity index (χ3n) is 0.613. The van der Waals surface area contributed by atoms with Gasteiger partial charge in [-0.3, -0.25) is 10.5 Å². The van der Waals surface area contributed by atoms with E-state index in [0.717, 1.165) is 0 Å². The standard InChI is InChI=1S/C3H8O5/c4-1-3(8-6)2-7-5/h3-6H,1-2H2. The first-order valence-corrected chi connectivity index (χ1v) is 2.02. The molecule has 0 aliphatic carbocycles. The van der Waals surface area contributed by atoms with Gasteiger partial charge >= 0.3 is 0 Å². The molecule has 50 valence electrons. The molecule has 1 unspecified atom stereocenters. The van der Waals surface area contributed by atoms with Gasteiger partial charge in [-0.2, -0.15) is 0 Å². The maximum absolute atomic E-state index is 8.18. The van der Waals surface area contributed by atoms with E-state index in [2.05, 4.69) is 9.78 Å². The van der Waals surface area contributed by atoms with Gasteiger partial charge in [-0.05, 0) is 0 Å². The Bertz CT molecular complexity index is 42.9. The lowest BCUT2D eigenvalue weighted by atomic mass is 10.4. The van der Waals surface area contributed by atoms with Crippen molar-refractivity contribution in [1.29, 1.82) is 0 Å². The van der Waals surface area contributed by atoms with Crippen LogP contribution in [0.3, 0.4) is 0 Å². The van der Waals surface area contributed by atoms with Crippen molar-refractivity contribution in [2.45, 2.75) is 6.10 Å². The van der Waals surface area contributed by atoms with Crippen LogP contribution in [0.25, 0.3) is 0 Å². The lowest BCUT2D eigenvalue weighted by Gasteiger charge is -2.05. The van der Waals surface area contributed by atoms with Gasteiger partial charge in [0.1, 0.15) is 12.7 Å². The summed E-state index contributed by atoms with van der Waals surface area (Å²) in [4.78, 5) is 7.15. The molecule has 0 heterocycles. The molecule has 0 aromatic carbocycles. The van der Waals surface area contributed by atoms with E-state index in [1.165, 1.54) is 0 Å². The molecule has 0 rings (SSSR count). The van der Waals surface area contributed by atoms with Crippen molar-refractivity contribution in [2.75, 3.05) is 13.2 Å². The summed E-state index contributed by atoms with van der Waals surface area (Å²) in [6.45, 7) is -0.635. The van der Waals surface area contributed by atoms with Crippen LogP contribution in [0, 0.1) is 0 Å². The fraction of sp³-hybridized carbons (Fsp3) is 1.00. The second kappa shape index (κ2) is 4.95. The van der Waals surface area contributed by atoms with Crippen molar-refractivity contribution in [3.8, 4) is 0 Å². The van der Waals surface area contributed by atoms with E-state index in [1.807, 2.05) is 0 Å². The summed E-state index contributed by atoms with van der Waals surface area (Å²) in [5, 5.41) is 23.7. The summed E-state index contributed by atoms with van der Waals surface area (Å²) < 4.78 is 0. The van der Waals surface area contributed by atoms with E-state index < -0.39 is 12.7 Å². The quantitative estimate of drug-likeness (QED) is 0.342. The highest BCUT2D eigenvalue weighted by atomic mass is 17.1. The fourth-order valence-corrected chi connectivity index (χ4v) is 0.200. The Hall–Kier alpha value is -0.200. The minimum Gasteiger partial charge on any atom is -0.393 e. The molecule has 0 aromatic rings. The van der Waals surface area contributed by atoms with Crippen LogP contribution in [-0.4, -0.2) is 34.9 Å². The molecular weight excluding hydrogens is 116 g/mol. The Morgan fingerprint density at radius 2 is 2.00 bits per heavy atom. The highest BCUT2D eigenvalue weighted by Crippen LogP contribution is 1.85. The van der Waals surface area contributed by atoms with E-state index in [4.69, 9.17) is 15.6 Å². The molecule has 0 saturated heterocycles. The Morgan fingerprint density at radius 3 is 2.12 bits per heavy atom. The monoisotopic (exact) mass is 124 g/mol. The molecule has 0 fully saturated rings. The van der Waals surface area contributed by atoms with Crippen LogP contribution in [0.2, 0.25) is 0 Å². The van der Waals surface area contributed by atoms with Gasteiger partial charge in [-0.1, -0.05) is 0 Å². The summed E-state index contributed by atoms with van der Waals surface area (Å²) in [6.07, 6.45) is -0.861. The van der Waals surface area contributed by atoms with Gasteiger partial charge in [0.2, 0.25) is 0 Å². The SMILES string of the molecule is OCC(COO)OO. The lowest BCUT2D eigenvalue weighted by molar-refractivity contribution is -0.330. The van der Waals surface area contributed by atoms with E-state index in [9.17, 15) is 0 Å². The maximum atomic E-state index is 8.18. The molecule has 5 nitrogen and oxygen atoms in total. The Balaban J connectivity index is 3.07. The summed E-state index contributed by atoms with van der Waals surface area (Å²) in [6, 6.07) is 0. The summed E-state index contributed by atoms with van der Waals surface area (Å²) in [5.41, 5.74) is 0. The number of hydrogen-bond acceptors (Lipinski definition) is 5. The molecule has 0 aliphatic heterocycles. The lowest BCUT2D eigenvalue weighted by Crippen LogP contribution is -2.21. The Labute approximate surface area is 45.9 Å². The van der Waals surface area contributed by atoms with Gasteiger partial charge < -0.3 is 5.11 Å². The molecule has 1 atom stereocenters. The molecule has 0 aliphatic rings. The summed E-state index contributed by atoms with van der Waals surface area (Å²) >= 11 is 0. The first-order valence-electron chi connectivity index (χ1n) is 2.02. The highest BCUT2D eigenvalue weighted by Gasteiger charge is 2.05. The molecule has 8 heavy (non-hydrogen) atoms. The normalized spacial score (nSPS) is 13.9. The smallest absolute Gasteiger partial charge is 0.142 e. The van der Waals surface area contributed by atoms with Crippen LogP contribution in [-0.2, 0) is 9.78 Å². The zero-order chi connectivity index (χ0) is 6.41. The van der Waals surface area contributed by atoms with Gasteiger partial charge in [-0.15, -0.1) is 0 Å². The Morgan fingerprint density at radius 1 is 1.38 bits per heavy atom. The second-order valence-electron chi connectivity index (χ2n) is 1.21. The number of aliphatic hydroxyl groups excluding tert-OH is 1. The van der Waals surface area contributed by atoms with Crippen LogP contribution in [0.5, 0.6) is 0 Å². The van der Waals surface area contributed by atoms with Crippen molar-refractivity contribution < 1.29 is 25.4 Å². The average molecular weight is 124 g/mol.